The van der Waals surface area contributed by atoms with Crippen LogP contribution in [-0.4, -0.2) is 39.7 Å². The van der Waals surface area contributed by atoms with Crippen LogP contribution in [0.5, 0.6) is 0 Å². The van der Waals surface area contributed by atoms with Crippen molar-refractivity contribution in [3.63, 3.8) is 0 Å². The van der Waals surface area contributed by atoms with E-state index in [9.17, 15) is 9.90 Å². The predicted octanol–water partition coefficient (Wildman–Crippen LogP) is 1.11. The lowest BCUT2D eigenvalue weighted by Gasteiger charge is -2.36. The molecule has 1 aromatic heterocycles. The Balaban J connectivity index is 1.80. The number of carbonyl (C=O) groups is 1. The quantitative estimate of drug-likeness (QED) is 0.649. The highest BCUT2D eigenvalue weighted by Crippen LogP contribution is 2.30. The minimum Gasteiger partial charge on any atom is -0.453 e. The summed E-state index contributed by atoms with van der Waals surface area (Å²) in [4.78, 5) is 17.3. The van der Waals surface area contributed by atoms with Crippen LogP contribution in [-0.2, 0) is 16.1 Å². The monoisotopic (exact) mass is 280 g/mol. The molecule has 2 aliphatic rings. The summed E-state index contributed by atoms with van der Waals surface area (Å²) >= 11 is 5.75. The molecule has 3 rings (SSSR count). The number of pyridine rings is 1. The van der Waals surface area contributed by atoms with Crippen molar-refractivity contribution in [1.82, 2.24) is 9.88 Å². The van der Waals surface area contributed by atoms with E-state index in [0.717, 1.165) is 11.3 Å². The Bertz CT molecular complexity index is 529. The van der Waals surface area contributed by atoms with Gasteiger partial charge in [-0.25, -0.2) is 9.78 Å². The number of aromatic nitrogens is 1. The second kappa shape index (κ2) is 4.83. The number of halogens is 1. The molecule has 100 valence electrons. The molecule has 1 fully saturated rings. The molecule has 0 radical (unpaired) electrons. The molecule has 6 heteroatoms. The lowest BCUT2D eigenvalue weighted by Crippen LogP contribution is -2.42. The second-order valence-corrected chi connectivity index (χ2v) is 5.14. The smallest absolute Gasteiger partial charge is 0.333 e. The van der Waals surface area contributed by atoms with Gasteiger partial charge in [0.2, 0.25) is 0 Å². The summed E-state index contributed by atoms with van der Waals surface area (Å²) in [7, 11) is 0. The summed E-state index contributed by atoms with van der Waals surface area (Å²) < 4.78 is 5.15. The minimum atomic E-state index is -0.492. The molecule has 0 spiro atoms. The standard InChI is InChI=1S/C13H13ClN2O3/c14-12-2-1-8(5-15-12)6-16-7-9(17)3-11-10(16)4-13(18)19-11/h1-2,4-5,9,11,17H,3,6-7H2. The van der Waals surface area contributed by atoms with Crippen LogP contribution in [0.2, 0.25) is 5.15 Å². The Morgan fingerprint density at radius 1 is 1.53 bits per heavy atom. The maximum absolute atomic E-state index is 11.3. The average Bonchev–Trinajstić information content (AvgIpc) is 2.72. The molecular weight excluding hydrogens is 268 g/mol. The summed E-state index contributed by atoms with van der Waals surface area (Å²) in [5.41, 5.74) is 1.81. The molecule has 1 saturated heterocycles. The first-order chi connectivity index (χ1) is 9.11. The van der Waals surface area contributed by atoms with Crippen molar-refractivity contribution in [2.75, 3.05) is 6.54 Å². The maximum atomic E-state index is 11.3. The largest absolute Gasteiger partial charge is 0.453 e. The number of nitrogens with zero attached hydrogens (tertiary/aromatic N) is 2. The van der Waals surface area contributed by atoms with Crippen molar-refractivity contribution >= 4 is 17.6 Å². The third-order valence-electron chi connectivity index (χ3n) is 3.30. The van der Waals surface area contributed by atoms with E-state index < -0.39 is 6.10 Å². The SMILES string of the molecule is O=C1C=C2C(CC(O)CN2Cc2ccc(Cl)nc2)O1. The van der Waals surface area contributed by atoms with Gasteiger partial charge in [-0.3, -0.25) is 0 Å². The molecule has 3 heterocycles. The summed E-state index contributed by atoms with van der Waals surface area (Å²) in [5.74, 6) is -0.340. The molecule has 0 aliphatic carbocycles. The van der Waals surface area contributed by atoms with Crippen molar-refractivity contribution in [2.45, 2.75) is 25.2 Å². The molecule has 1 aromatic rings. The zero-order valence-corrected chi connectivity index (χ0v) is 10.9. The Morgan fingerprint density at radius 2 is 2.37 bits per heavy atom. The summed E-state index contributed by atoms with van der Waals surface area (Å²) in [6.07, 6.45) is 2.84. The fourth-order valence-electron chi connectivity index (χ4n) is 2.47. The normalized spacial score (nSPS) is 25.9. The summed E-state index contributed by atoms with van der Waals surface area (Å²) in [6, 6.07) is 3.60. The van der Waals surface area contributed by atoms with Gasteiger partial charge in [0, 0.05) is 31.8 Å². The van der Waals surface area contributed by atoms with Crippen LogP contribution >= 0.6 is 11.6 Å². The number of carbonyl (C=O) groups excluding carboxylic acids is 1. The topological polar surface area (TPSA) is 62.7 Å². The fourth-order valence-corrected chi connectivity index (χ4v) is 2.58. The van der Waals surface area contributed by atoms with Crippen molar-refractivity contribution < 1.29 is 14.6 Å². The minimum absolute atomic E-state index is 0.323. The zero-order valence-electron chi connectivity index (χ0n) is 10.1. The fraction of sp³-hybridized carbons (Fsp3) is 0.385. The first kappa shape index (κ1) is 12.4. The van der Waals surface area contributed by atoms with Crippen molar-refractivity contribution in [1.29, 1.82) is 0 Å². The van der Waals surface area contributed by atoms with Crippen LogP contribution in [0.3, 0.4) is 0 Å². The van der Waals surface area contributed by atoms with E-state index in [1.54, 1.807) is 12.3 Å². The lowest BCUT2D eigenvalue weighted by molar-refractivity contribution is -0.141. The van der Waals surface area contributed by atoms with Crippen LogP contribution < -0.4 is 0 Å². The molecule has 2 aliphatic heterocycles. The van der Waals surface area contributed by atoms with Crippen LogP contribution in [0.1, 0.15) is 12.0 Å². The Morgan fingerprint density at radius 3 is 3.11 bits per heavy atom. The Labute approximate surface area is 115 Å². The number of fused-ring (bicyclic) bond motifs is 1. The first-order valence-corrected chi connectivity index (χ1v) is 6.45. The second-order valence-electron chi connectivity index (χ2n) is 4.75. The number of esters is 1. The molecule has 5 nitrogen and oxygen atoms in total. The Hall–Kier alpha value is -1.59. The van der Waals surface area contributed by atoms with Crippen LogP contribution in [0.15, 0.2) is 30.1 Å². The third kappa shape index (κ3) is 2.57. The summed E-state index contributed by atoms with van der Waals surface area (Å²) in [6.45, 7) is 1.06. The molecule has 0 aromatic carbocycles. The summed E-state index contributed by atoms with van der Waals surface area (Å²) in [5, 5.41) is 10.3. The van der Waals surface area contributed by atoms with Gasteiger partial charge in [-0.2, -0.15) is 0 Å². The lowest BCUT2D eigenvalue weighted by atomic mass is 10.0. The van der Waals surface area contributed by atoms with E-state index in [1.807, 2.05) is 11.0 Å². The molecule has 2 unspecified atom stereocenters. The van der Waals surface area contributed by atoms with E-state index in [-0.39, 0.29) is 12.1 Å². The number of hydrogen-bond donors (Lipinski definition) is 1. The molecule has 0 bridgehead atoms. The van der Waals surface area contributed by atoms with Gasteiger partial charge in [-0.15, -0.1) is 0 Å². The molecule has 2 atom stereocenters. The number of likely N-dealkylation sites (tertiary alicyclic amines) is 1. The van der Waals surface area contributed by atoms with E-state index in [1.165, 1.54) is 6.08 Å². The highest BCUT2D eigenvalue weighted by Gasteiger charge is 2.37. The molecule has 0 amide bonds. The van der Waals surface area contributed by atoms with Gasteiger partial charge in [-0.1, -0.05) is 17.7 Å². The number of aliphatic hydroxyl groups is 1. The average molecular weight is 281 g/mol. The predicted molar refractivity (Wildman–Crippen MR) is 68.2 cm³/mol. The zero-order chi connectivity index (χ0) is 13.4. The highest BCUT2D eigenvalue weighted by atomic mass is 35.5. The van der Waals surface area contributed by atoms with Gasteiger partial charge in [0.1, 0.15) is 11.3 Å². The molecular formula is C13H13ClN2O3. The van der Waals surface area contributed by atoms with Gasteiger partial charge >= 0.3 is 5.97 Å². The van der Waals surface area contributed by atoms with Crippen LogP contribution in [0, 0.1) is 0 Å². The number of hydrogen-bond acceptors (Lipinski definition) is 5. The van der Waals surface area contributed by atoms with E-state index in [2.05, 4.69) is 4.98 Å². The van der Waals surface area contributed by atoms with Gasteiger partial charge in [-0.05, 0) is 11.6 Å². The van der Waals surface area contributed by atoms with Gasteiger partial charge in [0.05, 0.1) is 11.8 Å². The third-order valence-corrected chi connectivity index (χ3v) is 3.52. The first-order valence-electron chi connectivity index (χ1n) is 6.07. The molecule has 19 heavy (non-hydrogen) atoms. The number of aliphatic hydroxyl groups excluding tert-OH is 1. The van der Waals surface area contributed by atoms with Gasteiger partial charge in [0.15, 0.2) is 0 Å². The highest BCUT2D eigenvalue weighted by molar-refractivity contribution is 6.29. The number of rotatable bonds is 2. The van der Waals surface area contributed by atoms with Gasteiger partial charge < -0.3 is 14.7 Å². The van der Waals surface area contributed by atoms with Crippen molar-refractivity contribution in [3.05, 3.63) is 40.8 Å². The van der Waals surface area contributed by atoms with Crippen molar-refractivity contribution in [2.24, 2.45) is 0 Å². The number of piperidine rings is 1. The van der Waals surface area contributed by atoms with Gasteiger partial charge in [0.25, 0.3) is 0 Å². The number of ether oxygens (including phenoxy) is 1. The molecule has 0 saturated carbocycles. The van der Waals surface area contributed by atoms with Crippen molar-refractivity contribution in [3.8, 4) is 0 Å². The Kier molecular flexibility index (Phi) is 3.16. The number of β-amino-alcohol motifs (C(OH)–C–C–N with tert-alkyl or cyclic N) is 1. The maximum Gasteiger partial charge on any atom is 0.333 e. The van der Waals surface area contributed by atoms with E-state index >= 15 is 0 Å². The molecule has 1 N–H and O–H groups in total. The van der Waals surface area contributed by atoms with E-state index in [4.69, 9.17) is 16.3 Å². The van der Waals surface area contributed by atoms with Crippen LogP contribution in [0.25, 0.3) is 0 Å². The van der Waals surface area contributed by atoms with E-state index in [0.29, 0.717) is 24.7 Å². The van der Waals surface area contributed by atoms with Crippen LogP contribution in [0.4, 0.5) is 0 Å².